The monoisotopic (exact) mass is 272 g/mol. The van der Waals surface area contributed by atoms with Crippen LogP contribution in [-0.4, -0.2) is 27.4 Å². The number of methoxy groups -OCH3 is 2. The number of allylic oxidation sites excluding steroid dienone is 2. The molecule has 0 aromatic heterocycles. The lowest BCUT2D eigenvalue weighted by molar-refractivity contribution is 0.355. The molecule has 1 aromatic rings. The van der Waals surface area contributed by atoms with E-state index in [1.807, 2.05) is 37.5 Å². The van der Waals surface area contributed by atoms with Crippen LogP contribution in [0.15, 0.2) is 48.7 Å². The van der Waals surface area contributed by atoms with Gasteiger partial charge in [0.05, 0.1) is 14.2 Å². The van der Waals surface area contributed by atoms with Gasteiger partial charge in [0.15, 0.2) is 11.5 Å². The van der Waals surface area contributed by atoms with Crippen LogP contribution in [0.4, 0.5) is 0 Å². The van der Waals surface area contributed by atoms with E-state index in [9.17, 15) is 0 Å². The van der Waals surface area contributed by atoms with Crippen molar-refractivity contribution in [3.63, 3.8) is 0 Å². The third kappa shape index (κ3) is 2.56. The van der Waals surface area contributed by atoms with Gasteiger partial charge in [0.2, 0.25) is 0 Å². The fraction of sp³-hybridized carbons (Fsp3) is 0.250. The minimum Gasteiger partial charge on any atom is -0.493 e. The SMILES string of the molecule is C=C/C=C1/C(c2ccc(OC)c(OC)c2)=CNC1NC. The molecule has 0 radical (unpaired) electrons. The van der Waals surface area contributed by atoms with Crippen LogP contribution in [0.2, 0.25) is 0 Å². The van der Waals surface area contributed by atoms with Gasteiger partial charge in [-0.15, -0.1) is 0 Å². The lowest BCUT2D eigenvalue weighted by Gasteiger charge is -2.15. The molecular formula is C16H20N2O2. The number of hydrogen-bond acceptors (Lipinski definition) is 4. The van der Waals surface area contributed by atoms with Gasteiger partial charge in [-0.2, -0.15) is 0 Å². The number of rotatable bonds is 5. The van der Waals surface area contributed by atoms with E-state index >= 15 is 0 Å². The second-order valence-electron chi connectivity index (χ2n) is 4.37. The van der Waals surface area contributed by atoms with Crippen molar-refractivity contribution in [2.75, 3.05) is 21.3 Å². The molecule has 4 heteroatoms. The van der Waals surface area contributed by atoms with E-state index in [0.717, 1.165) is 28.2 Å². The highest BCUT2D eigenvalue weighted by atomic mass is 16.5. The molecular weight excluding hydrogens is 252 g/mol. The smallest absolute Gasteiger partial charge is 0.161 e. The van der Waals surface area contributed by atoms with Crippen LogP contribution in [0.25, 0.3) is 5.57 Å². The van der Waals surface area contributed by atoms with Crippen molar-refractivity contribution in [1.82, 2.24) is 10.6 Å². The maximum atomic E-state index is 5.36. The maximum Gasteiger partial charge on any atom is 0.161 e. The van der Waals surface area contributed by atoms with Gasteiger partial charge in [-0.1, -0.05) is 24.8 Å². The number of ether oxygens (including phenoxy) is 2. The molecule has 106 valence electrons. The summed E-state index contributed by atoms with van der Waals surface area (Å²) in [5.74, 6) is 1.44. The standard InChI is InChI=1S/C16H20N2O2/c1-5-6-12-13(10-18-16(12)17-2)11-7-8-14(19-3)15(9-11)20-4/h5-10,16-18H,1H2,2-4H3/b12-6-. The average Bonchev–Trinajstić information content (AvgIpc) is 2.89. The molecule has 1 atom stereocenters. The predicted molar refractivity (Wildman–Crippen MR) is 81.8 cm³/mol. The van der Waals surface area contributed by atoms with Crippen LogP contribution in [0.3, 0.4) is 0 Å². The van der Waals surface area contributed by atoms with E-state index in [1.165, 1.54) is 0 Å². The summed E-state index contributed by atoms with van der Waals surface area (Å²) >= 11 is 0. The molecule has 1 unspecified atom stereocenters. The third-order valence-corrected chi connectivity index (χ3v) is 3.30. The molecule has 0 aliphatic carbocycles. The molecule has 0 amide bonds. The molecule has 0 bridgehead atoms. The van der Waals surface area contributed by atoms with Gasteiger partial charge in [-0.05, 0) is 30.3 Å². The summed E-state index contributed by atoms with van der Waals surface area (Å²) < 4.78 is 10.6. The van der Waals surface area contributed by atoms with Crippen LogP contribution >= 0.6 is 0 Å². The van der Waals surface area contributed by atoms with Crippen LogP contribution in [0, 0.1) is 0 Å². The Morgan fingerprint density at radius 1 is 1.25 bits per heavy atom. The van der Waals surface area contributed by atoms with Crippen molar-refractivity contribution in [1.29, 1.82) is 0 Å². The molecule has 0 spiro atoms. The normalized spacial score (nSPS) is 19.4. The van der Waals surface area contributed by atoms with E-state index in [0.29, 0.717) is 0 Å². The highest BCUT2D eigenvalue weighted by Gasteiger charge is 2.22. The Bertz CT molecular complexity index is 562. The van der Waals surface area contributed by atoms with E-state index < -0.39 is 0 Å². The number of likely N-dealkylation sites (N-methyl/N-ethyl adjacent to an activating group) is 1. The van der Waals surface area contributed by atoms with Crippen LogP contribution in [0.1, 0.15) is 5.56 Å². The van der Waals surface area contributed by atoms with Gasteiger partial charge in [0.25, 0.3) is 0 Å². The van der Waals surface area contributed by atoms with E-state index in [2.05, 4.69) is 17.2 Å². The summed E-state index contributed by atoms with van der Waals surface area (Å²) in [6, 6.07) is 5.90. The largest absolute Gasteiger partial charge is 0.493 e. The Hall–Kier alpha value is -2.20. The molecule has 1 aromatic carbocycles. The first kappa shape index (κ1) is 14.2. The first-order chi connectivity index (χ1) is 9.74. The number of benzene rings is 1. The first-order valence-corrected chi connectivity index (χ1v) is 6.44. The summed E-state index contributed by atoms with van der Waals surface area (Å²) in [7, 11) is 5.19. The second-order valence-corrected chi connectivity index (χ2v) is 4.37. The van der Waals surface area contributed by atoms with Gasteiger partial charge >= 0.3 is 0 Å². The van der Waals surface area contributed by atoms with Crippen molar-refractivity contribution < 1.29 is 9.47 Å². The van der Waals surface area contributed by atoms with E-state index in [4.69, 9.17) is 9.47 Å². The van der Waals surface area contributed by atoms with Crippen molar-refractivity contribution in [2.24, 2.45) is 0 Å². The van der Waals surface area contributed by atoms with Gasteiger partial charge < -0.3 is 14.8 Å². The van der Waals surface area contributed by atoms with E-state index in [1.54, 1.807) is 20.3 Å². The first-order valence-electron chi connectivity index (χ1n) is 6.44. The molecule has 4 nitrogen and oxygen atoms in total. The average molecular weight is 272 g/mol. The van der Waals surface area contributed by atoms with Gasteiger partial charge in [0, 0.05) is 11.8 Å². The van der Waals surface area contributed by atoms with Crippen LogP contribution < -0.4 is 20.1 Å². The third-order valence-electron chi connectivity index (χ3n) is 3.30. The molecule has 1 aliphatic rings. The lowest BCUT2D eigenvalue weighted by atomic mass is 9.98. The zero-order chi connectivity index (χ0) is 14.5. The fourth-order valence-electron chi connectivity index (χ4n) is 2.30. The molecule has 1 heterocycles. The summed E-state index contributed by atoms with van der Waals surface area (Å²) in [5, 5.41) is 6.51. The Morgan fingerprint density at radius 2 is 2.00 bits per heavy atom. The van der Waals surface area contributed by atoms with Crippen LogP contribution in [-0.2, 0) is 0 Å². The predicted octanol–water partition coefficient (Wildman–Crippen LogP) is 2.31. The summed E-state index contributed by atoms with van der Waals surface area (Å²) in [4.78, 5) is 0. The van der Waals surface area contributed by atoms with Crippen molar-refractivity contribution in [3.8, 4) is 11.5 Å². The summed E-state index contributed by atoms with van der Waals surface area (Å²) in [6.07, 6.45) is 5.89. The molecule has 2 rings (SSSR count). The number of nitrogens with one attached hydrogen (secondary N) is 2. The lowest BCUT2D eigenvalue weighted by Crippen LogP contribution is -2.34. The molecule has 0 saturated heterocycles. The topological polar surface area (TPSA) is 42.5 Å². The molecule has 2 N–H and O–H groups in total. The zero-order valence-electron chi connectivity index (χ0n) is 12.1. The fourth-order valence-corrected chi connectivity index (χ4v) is 2.30. The van der Waals surface area contributed by atoms with Crippen LogP contribution in [0.5, 0.6) is 11.5 Å². The second kappa shape index (κ2) is 6.30. The Labute approximate surface area is 119 Å². The number of hydrogen-bond donors (Lipinski definition) is 2. The maximum absolute atomic E-state index is 5.36. The van der Waals surface area contributed by atoms with Crippen molar-refractivity contribution >= 4 is 5.57 Å². The van der Waals surface area contributed by atoms with Gasteiger partial charge in [0.1, 0.15) is 6.17 Å². The quantitative estimate of drug-likeness (QED) is 0.863. The van der Waals surface area contributed by atoms with E-state index in [-0.39, 0.29) is 6.17 Å². The van der Waals surface area contributed by atoms with Gasteiger partial charge in [-0.3, -0.25) is 5.32 Å². The zero-order valence-corrected chi connectivity index (χ0v) is 12.1. The summed E-state index contributed by atoms with van der Waals surface area (Å²) in [6.45, 7) is 3.78. The minimum atomic E-state index is 0.0936. The molecule has 20 heavy (non-hydrogen) atoms. The molecule has 1 aliphatic heterocycles. The Kier molecular flexibility index (Phi) is 4.48. The minimum absolute atomic E-state index is 0.0936. The Morgan fingerprint density at radius 3 is 2.60 bits per heavy atom. The highest BCUT2D eigenvalue weighted by molar-refractivity contribution is 5.83. The van der Waals surface area contributed by atoms with Crippen molar-refractivity contribution in [2.45, 2.75) is 6.17 Å². The summed E-state index contributed by atoms with van der Waals surface area (Å²) in [5.41, 5.74) is 3.33. The molecule has 0 fully saturated rings. The highest BCUT2D eigenvalue weighted by Crippen LogP contribution is 2.35. The van der Waals surface area contributed by atoms with Gasteiger partial charge in [-0.25, -0.2) is 0 Å². The van der Waals surface area contributed by atoms with Crippen molar-refractivity contribution in [3.05, 3.63) is 54.3 Å². The Balaban J connectivity index is 2.41. The molecule has 0 saturated carbocycles.